The summed E-state index contributed by atoms with van der Waals surface area (Å²) in [5.74, 6) is 2.05. The number of anilines is 1. The highest BCUT2D eigenvalue weighted by Gasteiger charge is 2.24. The summed E-state index contributed by atoms with van der Waals surface area (Å²) < 4.78 is 2.25. The second kappa shape index (κ2) is 11.0. The summed E-state index contributed by atoms with van der Waals surface area (Å²) in [5, 5.41) is 4.01. The Labute approximate surface area is 216 Å². The van der Waals surface area contributed by atoms with Crippen molar-refractivity contribution in [1.29, 1.82) is 0 Å². The highest BCUT2D eigenvalue weighted by molar-refractivity contribution is 7.13. The Morgan fingerprint density at radius 3 is 2.46 bits per heavy atom. The molecule has 3 aromatic rings. The molecule has 1 aliphatic carbocycles. The summed E-state index contributed by atoms with van der Waals surface area (Å²) in [6.07, 6.45) is 15.4. The average molecular weight is 488 g/mol. The van der Waals surface area contributed by atoms with Crippen LogP contribution in [0.15, 0.2) is 42.6 Å². The van der Waals surface area contributed by atoms with Crippen LogP contribution in [0.3, 0.4) is 0 Å². The van der Waals surface area contributed by atoms with Gasteiger partial charge in [0.15, 0.2) is 0 Å². The molecule has 0 aliphatic heterocycles. The number of imidazole rings is 1. The number of hydrogen-bond donors (Lipinski definition) is 1. The van der Waals surface area contributed by atoms with Gasteiger partial charge in [-0.15, -0.1) is 11.3 Å². The molecule has 4 heteroatoms. The van der Waals surface area contributed by atoms with Crippen LogP contribution in [0.4, 0.5) is 5.69 Å². The molecule has 0 saturated heterocycles. The topological polar surface area (TPSA) is 29.9 Å². The molecule has 0 saturated carbocycles. The highest BCUT2D eigenvalue weighted by Crippen LogP contribution is 2.40. The van der Waals surface area contributed by atoms with Gasteiger partial charge in [0, 0.05) is 34.2 Å². The lowest BCUT2D eigenvalue weighted by Gasteiger charge is -2.26. The molecule has 1 aromatic carbocycles. The van der Waals surface area contributed by atoms with Crippen LogP contribution in [0.1, 0.15) is 104 Å². The third-order valence-electron chi connectivity index (χ3n) is 7.05. The molecule has 1 aliphatic rings. The van der Waals surface area contributed by atoms with E-state index in [0.717, 1.165) is 24.4 Å². The predicted molar refractivity (Wildman–Crippen MR) is 154 cm³/mol. The van der Waals surface area contributed by atoms with Crippen molar-refractivity contribution in [3.8, 4) is 11.3 Å². The lowest BCUT2D eigenvalue weighted by molar-refractivity contribution is 0.585. The van der Waals surface area contributed by atoms with Crippen molar-refractivity contribution >= 4 is 23.1 Å². The quantitative estimate of drug-likeness (QED) is 0.326. The minimum atomic E-state index is 0.170. The third kappa shape index (κ3) is 5.33. The first-order chi connectivity index (χ1) is 16.8. The summed E-state index contributed by atoms with van der Waals surface area (Å²) in [5.41, 5.74) is 7.93. The van der Waals surface area contributed by atoms with Gasteiger partial charge in [-0.3, -0.25) is 0 Å². The lowest BCUT2D eigenvalue weighted by atomic mass is 9.92. The minimum Gasteiger partial charge on any atom is -0.375 e. The number of benzene rings is 1. The normalized spacial score (nSPS) is 14.0. The van der Waals surface area contributed by atoms with Crippen molar-refractivity contribution in [1.82, 2.24) is 9.55 Å². The summed E-state index contributed by atoms with van der Waals surface area (Å²) in [7, 11) is 2.16. The van der Waals surface area contributed by atoms with E-state index in [-0.39, 0.29) is 6.04 Å². The molecule has 0 amide bonds. The number of unbranched alkanes of at least 4 members (excludes halogenated alkanes) is 1. The van der Waals surface area contributed by atoms with Crippen LogP contribution < -0.4 is 5.32 Å². The molecule has 4 rings (SSSR count). The standard InChI is InChI=1S/C31H41N3S/c1-8-9-17-26(32-30-23(20(2)3)15-13-16-24(30)21(4)5)31-33-27(19-34(31)7)29-22(6)35-28-18-12-10-11-14-25(28)29/h10-13,15-16,18-21,26,32H,8-9,14,17H2,1-7H3. The number of aromatic nitrogens is 2. The number of nitrogens with one attached hydrogen (secondary N) is 1. The number of para-hydroxylation sites is 1. The molecule has 2 heterocycles. The molecule has 0 fully saturated rings. The Balaban J connectivity index is 1.77. The van der Waals surface area contributed by atoms with Crippen LogP contribution in [0, 0.1) is 6.92 Å². The van der Waals surface area contributed by atoms with Crippen LogP contribution >= 0.6 is 11.3 Å². The minimum absolute atomic E-state index is 0.170. The van der Waals surface area contributed by atoms with Crippen LogP contribution in [-0.4, -0.2) is 9.55 Å². The number of allylic oxidation sites excluding steroid dienone is 3. The molecular formula is C31H41N3S. The molecule has 1 N–H and O–H groups in total. The zero-order valence-corrected chi connectivity index (χ0v) is 23.3. The Kier molecular flexibility index (Phi) is 8.01. The molecule has 0 radical (unpaired) electrons. The maximum Gasteiger partial charge on any atom is 0.131 e. The summed E-state index contributed by atoms with van der Waals surface area (Å²) in [6.45, 7) is 13.7. The second-order valence-electron chi connectivity index (χ2n) is 10.4. The summed E-state index contributed by atoms with van der Waals surface area (Å²) >= 11 is 1.88. The van der Waals surface area contributed by atoms with Gasteiger partial charge in [-0.25, -0.2) is 4.98 Å². The predicted octanol–water partition coefficient (Wildman–Crippen LogP) is 9.17. The summed E-state index contributed by atoms with van der Waals surface area (Å²) in [6, 6.07) is 6.95. The smallest absolute Gasteiger partial charge is 0.131 e. The Bertz CT molecular complexity index is 1200. The van der Waals surface area contributed by atoms with E-state index in [4.69, 9.17) is 4.98 Å². The number of nitrogens with zero attached hydrogens (tertiary/aromatic N) is 2. The molecule has 186 valence electrons. The fraction of sp³-hybridized carbons (Fsp3) is 0.452. The zero-order chi connectivity index (χ0) is 25.1. The van der Waals surface area contributed by atoms with Crippen molar-refractivity contribution in [2.45, 2.75) is 85.1 Å². The molecule has 0 bridgehead atoms. The first-order valence-corrected chi connectivity index (χ1v) is 14.0. The van der Waals surface area contributed by atoms with E-state index in [1.54, 1.807) is 0 Å². The van der Waals surface area contributed by atoms with Gasteiger partial charge in [0.2, 0.25) is 0 Å². The Hall–Kier alpha value is -2.59. The van der Waals surface area contributed by atoms with Gasteiger partial charge in [0.05, 0.1) is 11.7 Å². The zero-order valence-electron chi connectivity index (χ0n) is 22.5. The number of thiophene rings is 1. The first kappa shape index (κ1) is 25.5. The van der Waals surface area contributed by atoms with Crippen molar-refractivity contribution in [3.05, 3.63) is 74.9 Å². The van der Waals surface area contributed by atoms with Crippen LogP contribution in [-0.2, 0) is 13.5 Å². The fourth-order valence-corrected chi connectivity index (χ4v) is 6.30. The van der Waals surface area contributed by atoms with Crippen molar-refractivity contribution in [2.24, 2.45) is 7.05 Å². The van der Waals surface area contributed by atoms with Gasteiger partial charge < -0.3 is 9.88 Å². The molecule has 2 aromatic heterocycles. The van der Waals surface area contributed by atoms with Gasteiger partial charge >= 0.3 is 0 Å². The van der Waals surface area contributed by atoms with E-state index in [2.05, 4.69) is 107 Å². The van der Waals surface area contributed by atoms with E-state index in [9.17, 15) is 0 Å². The monoisotopic (exact) mass is 487 g/mol. The Morgan fingerprint density at radius 2 is 1.80 bits per heavy atom. The molecule has 35 heavy (non-hydrogen) atoms. The second-order valence-corrected chi connectivity index (χ2v) is 11.7. The molecule has 0 spiro atoms. The summed E-state index contributed by atoms with van der Waals surface area (Å²) in [4.78, 5) is 8.02. The Morgan fingerprint density at radius 1 is 1.09 bits per heavy atom. The first-order valence-electron chi connectivity index (χ1n) is 13.2. The van der Waals surface area contributed by atoms with Crippen LogP contribution in [0.2, 0.25) is 0 Å². The van der Waals surface area contributed by atoms with E-state index in [1.807, 2.05) is 11.3 Å². The van der Waals surface area contributed by atoms with Crippen LogP contribution in [0.5, 0.6) is 0 Å². The maximum absolute atomic E-state index is 5.31. The average Bonchev–Trinajstić information content (AvgIpc) is 3.25. The lowest BCUT2D eigenvalue weighted by Crippen LogP contribution is -2.18. The maximum atomic E-state index is 5.31. The number of rotatable bonds is 9. The fourth-order valence-electron chi connectivity index (χ4n) is 5.18. The number of hydrogen-bond acceptors (Lipinski definition) is 3. The van der Waals surface area contributed by atoms with E-state index in [0.29, 0.717) is 11.8 Å². The third-order valence-corrected chi connectivity index (χ3v) is 8.16. The molecule has 1 atom stereocenters. The molecule has 3 nitrogen and oxygen atoms in total. The number of aryl methyl sites for hydroxylation is 2. The van der Waals surface area contributed by atoms with E-state index < -0.39 is 0 Å². The highest BCUT2D eigenvalue weighted by atomic mass is 32.1. The molecule has 1 unspecified atom stereocenters. The number of fused-ring (bicyclic) bond motifs is 1. The van der Waals surface area contributed by atoms with Crippen molar-refractivity contribution in [3.63, 3.8) is 0 Å². The van der Waals surface area contributed by atoms with E-state index >= 15 is 0 Å². The van der Waals surface area contributed by atoms with Gasteiger partial charge in [0.1, 0.15) is 5.82 Å². The largest absolute Gasteiger partial charge is 0.375 e. The van der Waals surface area contributed by atoms with Gasteiger partial charge in [-0.05, 0) is 54.4 Å². The van der Waals surface area contributed by atoms with Crippen molar-refractivity contribution in [2.75, 3.05) is 5.32 Å². The SMILES string of the molecule is CCCCC(Nc1c(C(C)C)cccc1C(C)C)c1nc(-c2c(C)sc3c2CC=CC=C3)cn1C. The van der Waals surface area contributed by atoms with Gasteiger partial charge in [-0.2, -0.15) is 0 Å². The van der Waals surface area contributed by atoms with Crippen LogP contribution in [0.25, 0.3) is 17.3 Å². The van der Waals surface area contributed by atoms with E-state index in [1.165, 1.54) is 50.5 Å². The van der Waals surface area contributed by atoms with Gasteiger partial charge in [-0.1, -0.05) is 83.9 Å². The van der Waals surface area contributed by atoms with Gasteiger partial charge in [0.25, 0.3) is 0 Å². The van der Waals surface area contributed by atoms with Crippen molar-refractivity contribution < 1.29 is 0 Å². The molecular weight excluding hydrogens is 446 g/mol.